The van der Waals surface area contributed by atoms with Gasteiger partial charge in [0.15, 0.2) is 17.0 Å². The largest absolute Gasteiger partial charge is 0.376 e. The van der Waals surface area contributed by atoms with Gasteiger partial charge in [0.25, 0.3) is 0 Å². The summed E-state index contributed by atoms with van der Waals surface area (Å²) in [6.45, 7) is 10.9. The third-order valence-electron chi connectivity index (χ3n) is 8.52. The van der Waals surface area contributed by atoms with Crippen molar-refractivity contribution in [2.45, 2.75) is 58.0 Å². The third-order valence-corrected chi connectivity index (χ3v) is 9.97. The fraction of sp³-hybridized carbons (Fsp3) is 0.467. The van der Waals surface area contributed by atoms with Gasteiger partial charge < -0.3 is 24.8 Å². The summed E-state index contributed by atoms with van der Waals surface area (Å²) in [5, 5.41) is 11.4. The number of pyridine rings is 1. The molecule has 1 saturated heterocycles. The van der Waals surface area contributed by atoms with Crippen molar-refractivity contribution in [2.24, 2.45) is 0 Å². The average molecular weight is 643 g/mol. The van der Waals surface area contributed by atoms with Crippen LogP contribution in [-0.4, -0.2) is 87.3 Å². The van der Waals surface area contributed by atoms with E-state index >= 15 is 8.78 Å². The molecule has 12 nitrogen and oxygen atoms in total. The molecule has 15 heteroatoms. The second-order valence-electron chi connectivity index (χ2n) is 12.9. The molecule has 0 saturated carbocycles. The zero-order chi connectivity index (χ0) is 32.3. The van der Waals surface area contributed by atoms with E-state index in [1.807, 2.05) is 43.2 Å². The lowest BCUT2D eigenvalue weighted by Crippen LogP contribution is -2.39. The van der Waals surface area contributed by atoms with E-state index in [0.29, 0.717) is 49.8 Å². The van der Waals surface area contributed by atoms with Crippen molar-refractivity contribution in [3.8, 4) is 11.3 Å². The van der Waals surface area contributed by atoms with Crippen LogP contribution in [0.15, 0.2) is 30.5 Å². The third kappa shape index (κ3) is 6.23. The summed E-state index contributed by atoms with van der Waals surface area (Å²) in [6, 6.07) is 6.69. The number of nitrogens with zero attached hydrogens (tertiary/aromatic N) is 7. The summed E-state index contributed by atoms with van der Waals surface area (Å²) in [5.74, 6) is 0.0317. The standard InChI is InChI=1S/C30H37F2N8O4P/c1-18-34-27-21(31)13-20(14-24(27)40(18)29(2,3)4)26-22(32)15-33-28(37-26)36-25-6-5-19-16-38(9-7-23(19)35-25)11-12-39-10-8-30(41,17-39)45(42,43)44/h5-6,13-15,41H,7-12,16-17H2,1-4H3,(H2,42,43,44)(H,33,35,36,37). The Bertz CT molecular complexity index is 1820. The van der Waals surface area contributed by atoms with Gasteiger partial charge in [0.05, 0.1) is 11.7 Å². The van der Waals surface area contributed by atoms with Crippen LogP contribution in [0.2, 0.25) is 0 Å². The van der Waals surface area contributed by atoms with E-state index < -0.39 is 24.6 Å². The molecule has 4 aromatic rings. The van der Waals surface area contributed by atoms with Gasteiger partial charge in [0.1, 0.15) is 22.9 Å². The fourth-order valence-corrected chi connectivity index (χ4v) is 7.06. The molecule has 2 aliphatic rings. The van der Waals surface area contributed by atoms with E-state index in [2.05, 4.69) is 25.2 Å². The zero-order valence-electron chi connectivity index (χ0n) is 25.6. The second-order valence-corrected chi connectivity index (χ2v) is 14.8. The van der Waals surface area contributed by atoms with Crippen molar-refractivity contribution < 1.29 is 28.2 Å². The van der Waals surface area contributed by atoms with Crippen LogP contribution >= 0.6 is 7.60 Å². The lowest BCUT2D eigenvalue weighted by molar-refractivity contribution is 0.0947. The molecule has 45 heavy (non-hydrogen) atoms. The number of fused-ring (bicyclic) bond motifs is 2. The number of likely N-dealkylation sites (tertiary alicyclic amines) is 1. The molecular formula is C30H37F2N8O4P. The molecule has 0 radical (unpaired) electrons. The molecule has 0 spiro atoms. The van der Waals surface area contributed by atoms with Crippen molar-refractivity contribution in [1.82, 2.24) is 34.3 Å². The first kappa shape index (κ1) is 31.6. The summed E-state index contributed by atoms with van der Waals surface area (Å²) < 4.78 is 43.7. The molecule has 0 amide bonds. The van der Waals surface area contributed by atoms with Gasteiger partial charge in [-0.1, -0.05) is 6.07 Å². The first-order valence-corrected chi connectivity index (χ1v) is 16.4. The number of hydrogen-bond acceptors (Lipinski definition) is 9. The van der Waals surface area contributed by atoms with Crippen LogP contribution in [0, 0.1) is 18.6 Å². The summed E-state index contributed by atoms with van der Waals surface area (Å²) in [4.78, 5) is 40.6. The maximum atomic E-state index is 15.2. The SMILES string of the molecule is Cc1nc2c(F)cc(-c3nc(Nc4ccc5c(n4)CCN(CCN4CCC(O)(P(=O)(O)O)C4)C5)ncc3F)cc2n1C(C)(C)C. The monoisotopic (exact) mass is 642 g/mol. The van der Waals surface area contributed by atoms with E-state index in [0.717, 1.165) is 24.0 Å². The molecule has 3 aromatic heterocycles. The van der Waals surface area contributed by atoms with Crippen LogP contribution in [-0.2, 0) is 23.1 Å². The van der Waals surface area contributed by atoms with Crippen LogP contribution < -0.4 is 5.32 Å². The van der Waals surface area contributed by atoms with Gasteiger partial charge in [-0.25, -0.2) is 28.7 Å². The van der Waals surface area contributed by atoms with Crippen LogP contribution in [0.4, 0.5) is 20.5 Å². The molecule has 5 heterocycles. The Morgan fingerprint density at radius 1 is 1.04 bits per heavy atom. The number of anilines is 2. The quantitative estimate of drug-likeness (QED) is 0.217. The van der Waals surface area contributed by atoms with Crippen molar-refractivity contribution in [3.05, 3.63) is 59.2 Å². The highest BCUT2D eigenvalue weighted by atomic mass is 31.2. The first-order valence-electron chi connectivity index (χ1n) is 14.8. The van der Waals surface area contributed by atoms with Gasteiger partial charge in [-0.15, -0.1) is 0 Å². The molecule has 240 valence electrons. The molecule has 2 aliphatic heterocycles. The number of halogens is 2. The van der Waals surface area contributed by atoms with Crippen molar-refractivity contribution >= 4 is 30.4 Å². The van der Waals surface area contributed by atoms with E-state index in [1.165, 1.54) is 6.07 Å². The topological polar surface area (TPSA) is 153 Å². The second kappa shape index (κ2) is 11.4. The van der Waals surface area contributed by atoms with Crippen molar-refractivity contribution in [1.29, 1.82) is 0 Å². The highest BCUT2D eigenvalue weighted by molar-refractivity contribution is 7.53. The van der Waals surface area contributed by atoms with Gasteiger partial charge >= 0.3 is 7.60 Å². The maximum Gasteiger partial charge on any atom is 0.358 e. The van der Waals surface area contributed by atoms with Gasteiger partial charge in [-0.05, 0) is 51.5 Å². The number of aryl methyl sites for hydroxylation is 1. The number of benzene rings is 1. The van der Waals surface area contributed by atoms with E-state index in [4.69, 9.17) is 4.98 Å². The van der Waals surface area contributed by atoms with Gasteiger partial charge in [-0.2, -0.15) is 0 Å². The number of aliphatic hydroxyl groups is 1. The van der Waals surface area contributed by atoms with E-state index in [9.17, 15) is 19.5 Å². The fourth-order valence-electron chi connectivity index (χ4n) is 6.28. The summed E-state index contributed by atoms with van der Waals surface area (Å²) in [7, 11) is -4.59. The number of aromatic nitrogens is 5. The lowest BCUT2D eigenvalue weighted by Gasteiger charge is -2.30. The Balaban J connectivity index is 1.15. The average Bonchev–Trinajstić information content (AvgIpc) is 3.53. The summed E-state index contributed by atoms with van der Waals surface area (Å²) in [6.07, 6.45) is 1.79. The Morgan fingerprint density at radius 3 is 2.51 bits per heavy atom. The minimum atomic E-state index is -4.59. The van der Waals surface area contributed by atoms with Crippen LogP contribution in [0.3, 0.4) is 0 Å². The Labute approximate surface area is 259 Å². The number of β-amino-alcohol motifs (C(OH)–C–C–N with tert-alkyl or cyclic N) is 1. The maximum absolute atomic E-state index is 15.2. The molecule has 6 rings (SSSR count). The molecule has 4 N–H and O–H groups in total. The molecule has 1 aromatic carbocycles. The Hall–Kier alpha value is -3.39. The van der Waals surface area contributed by atoms with Crippen LogP contribution in [0.5, 0.6) is 0 Å². The molecule has 1 unspecified atom stereocenters. The molecule has 1 atom stereocenters. The lowest BCUT2D eigenvalue weighted by atomic mass is 10.1. The van der Waals surface area contributed by atoms with Crippen LogP contribution in [0.25, 0.3) is 22.3 Å². The number of nitrogens with one attached hydrogen (secondary N) is 1. The van der Waals surface area contributed by atoms with E-state index in [1.54, 1.807) is 12.1 Å². The summed E-state index contributed by atoms with van der Waals surface area (Å²) in [5.41, 5.74) is 2.59. The normalized spacial score (nSPS) is 19.8. The minimum Gasteiger partial charge on any atom is -0.376 e. The Kier molecular flexibility index (Phi) is 8.03. The number of imidazole rings is 1. The summed E-state index contributed by atoms with van der Waals surface area (Å²) >= 11 is 0. The molecular weight excluding hydrogens is 605 g/mol. The zero-order valence-corrected chi connectivity index (χ0v) is 26.5. The molecule has 0 aliphatic carbocycles. The first-order chi connectivity index (χ1) is 21.1. The number of hydrogen-bond donors (Lipinski definition) is 4. The Morgan fingerprint density at radius 2 is 1.80 bits per heavy atom. The molecule has 0 bridgehead atoms. The van der Waals surface area contributed by atoms with Crippen molar-refractivity contribution in [3.63, 3.8) is 0 Å². The predicted molar refractivity (Wildman–Crippen MR) is 165 cm³/mol. The number of rotatable bonds is 7. The highest BCUT2D eigenvalue weighted by Crippen LogP contribution is 2.53. The van der Waals surface area contributed by atoms with Crippen LogP contribution in [0.1, 0.15) is 44.3 Å². The predicted octanol–water partition coefficient (Wildman–Crippen LogP) is 3.90. The van der Waals surface area contributed by atoms with E-state index in [-0.39, 0.29) is 41.2 Å². The highest BCUT2D eigenvalue weighted by Gasteiger charge is 2.50. The smallest absolute Gasteiger partial charge is 0.358 e. The molecule has 1 fully saturated rings. The minimum absolute atomic E-state index is 0.0431. The van der Waals surface area contributed by atoms with Gasteiger partial charge in [-0.3, -0.25) is 14.4 Å². The van der Waals surface area contributed by atoms with Gasteiger partial charge in [0.2, 0.25) is 5.95 Å². The van der Waals surface area contributed by atoms with Crippen molar-refractivity contribution in [2.75, 3.05) is 38.0 Å². The van der Waals surface area contributed by atoms with Gasteiger partial charge in [0, 0.05) is 68.9 Å².